The van der Waals surface area contributed by atoms with Crippen molar-refractivity contribution in [3.63, 3.8) is 0 Å². The van der Waals surface area contributed by atoms with Gasteiger partial charge in [0.2, 0.25) is 0 Å². The second-order valence-corrected chi connectivity index (χ2v) is 3.87. The van der Waals surface area contributed by atoms with Gasteiger partial charge in [0.1, 0.15) is 0 Å². The van der Waals surface area contributed by atoms with Crippen LogP contribution in [0, 0.1) is 6.57 Å². The van der Waals surface area contributed by atoms with E-state index in [1.165, 1.54) is 13.8 Å². The van der Waals surface area contributed by atoms with E-state index in [1.807, 2.05) is 0 Å². The molecule has 0 atom stereocenters. The van der Waals surface area contributed by atoms with Crippen LogP contribution in [-0.4, -0.2) is 24.3 Å². The Morgan fingerprint density at radius 3 is 2.17 bits per heavy atom. The molecule has 1 fully saturated rings. The van der Waals surface area contributed by atoms with Crippen LogP contribution in [0.25, 0.3) is 4.85 Å². The highest BCUT2D eigenvalue weighted by Gasteiger charge is 2.52. The fourth-order valence-electron chi connectivity index (χ4n) is 1.68. The molecular formula is C9H15FN2. The summed E-state index contributed by atoms with van der Waals surface area (Å²) in [5, 5.41) is 3.14. The lowest BCUT2D eigenvalue weighted by atomic mass is 9.77. The lowest BCUT2D eigenvalue weighted by Crippen LogP contribution is -2.51. The minimum Gasteiger partial charge on any atom is -0.316 e. The van der Waals surface area contributed by atoms with Gasteiger partial charge in [0.25, 0.3) is 5.54 Å². The monoisotopic (exact) mass is 170 g/mol. The molecule has 2 nitrogen and oxygen atoms in total. The van der Waals surface area contributed by atoms with E-state index in [1.54, 1.807) is 0 Å². The second-order valence-electron chi connectivity index (χ2n) is 3.87. The summed E-state index contributed by atoms with van der Waals surface area (Å²) in [6.07, 6.45) is 1.25. The Morgan fingerprint density at radius 2 is 1.92 bits per heavy atom. The molecule has 1 rings (SSSR count). The molecule has 0 aromatic heterocycles. The summed E-state index contributed by atoms with van der Waals surface area (Å²) < 4.78 is 13.7. The largest absolute Gasteiger partial charge is 0.316 e. The molecule has 0 bridgehead atoms. The van der Waals surface area contributed by atoms with Gasteiger partial charge in [-0.25, -0.2) is 11.0 Å². The average molecular weight is 170 g/mol. The number of alkyl halides is 1. The third kappa shape index (κ3) is 1.44. The molecule has 0 unspecified atom stereocenters. The number of halogens is 1. The van der Waals surface area contributed by atoms with Crippen LogP contribution >= 0.6 is 0 Å². The number of hydrogen-bond acceptors (Lipinski definition) is 1. The van der Waals surface area contributed by atoms with Crippen molar-refractivity contribution in [1.82, 2.24) is 5.32 Å². The molecule has 0 spiro atoms. The lowest BCUT2D eigenvalue weighted by Gasteiger charge is -2.34. The summed E-state index contributed by atoms with van der Waals surface area (Å²) in [5.41, 5.74) is -2.16. The van der Waals surface area contributed by atoms with Crippen molar-refractivity contribution in [2.24, 2.45) is 0 Å². The highest BCUT2D eigenvalue weighted by molar-refractivity contribution is 5.11. The third-order valence-corrected chi connectivity index (χ3v) is 2.75. The zero-order valence-electron chi connectivity index (χ0n) is 7.65. The molecule has 1 aliphatic rings. The number of nitrogens with one attached hydrogen (secondary N) is 1. The van der Waals surface area contributed by atoms with E-state index in [0.29, 0.717) is 12.8 Å². The second kappa shape index (κ2) is 3.02. The van der Waals surface area contributed by atoms with Gasteiger partial charge in [-0.05, 0) is 13.8 Å². The fourth-order valence-corrected chi connectivity index (χ4v) is 1.68. The normalized spacial score (nSPS) is 23.2. The first-order chi connectivity index (χ1) is 5.52. The van der Waals surface area contributed by atoms with E-state index in [-0.39, 0.29) is 0 Å². The summed E-state index contributed by atoms with van der Waals surface area (Å²) >= 11 is 0. The third-order valence-electron chi connectivity index (χ3n) is 2.75. The van der Waals surface area contributed by atoms with Gasteiger partial charge in [0.15, 0.2) is 5.67 Å². The lowest BCUT2D eigenvalue weighted by molar-refractivity contribution is 0.0958. The molecule has 0 saturated carbocycles. The molecule has 0 amide bonds. The SMILES string of the molecule is [C-]#[N+]C1(C(C)(C)F)CCNCC1. The van der Waals surface area contributed by atoms with Gasteiger partial charge in [-0.3, -0.25) is 0 Å². The maximum absolute atomic E-state index is 13.7. The Labute approximate surface area is 73.0 Å². The number of hydrogen-bond donors (Lipinski definition) is 1. The summed E-state index contributed by atoms with van der Waals surface area (Å²) in [6, 6.07) is 0. The molecule has 1 saturated heterocycles. The van der Waals surface area contributed by atoms with E-state index in [2.05, 4.69) is 10.2 Å². The van der Waals surface area contributed by atoms with E-state index < -0.39 is 11.2 Å². The summed E-state index contributed by atoms with van der Waals surface area (Å²) in [7, 11) is 0. The Hall–Kier alpha value is -0.620. The topological polar surface area (TPSA) is 16.4 Å². The van der Waals surface area contributed by atoms with Gasteiger partial charge in [0.05, 0.1) is 0 Å². The molecule has 0 aromatic rings. The van der Waals surface area contributed by atoms with Crippen LogP contribution in [0.4, 0.5) is 4.39 Å². The number of piperidine rings is 1. The first-order valence-electron chi connectivity index (χ1n) is 4.30. The minimum absolute atomic E-state index is 0.625. The van der Waals surface area contributed by atoms with E-state index in [4.69, 9.17) is 6.57 Å². The van der Waals surface area contributed by atoms with E-state index in [9.17, 15) is 4.39 Å². The Kier molecular flexibility index (Phi) is 2.39. The molecular weight excluding hydrogens is 155 g/mol. The number of rotatable bonds is 1. The van der Waals surface area contributed by atoms with Gasteiger partial charge in [-0.1, -0.05) is 0 Å². The molecule has 0 aliphatic carbocycles. The molecule has 68 valence electrons. The summed E-state index contributed by atoms with van der Waals surface area (Å²) in [5.74, 6) is 0. The predicted octanol–water partition coefficient (Wildman–Crippen LogP) is 1.78. The standard InChI is InChI=1S/C9H15FN2/c1-8(2,10)9(11-3)4-6-12-7-5-9/h12H,4-7H2,1-2H3. The Balaban J connectivity index is 2.83. The van der Waals surface area contributed by atoms with Crippen LogP contribution in [0.5, 0.6) is 0 Å². The molecule has 1 N–H and O–H groups in total. The average Bonchev–Trinajstić information content (AvgIpc) is 2.04. The zero-order chi connectivity index (χ0) is 9.24. The molecule has 0 radical (unpaired) electrons. The Morgan fingerprint density at radius 1 is 1.42 bits per heavy atom. The molecule has 1 heterocycles. The van der Waals surface area contributed by atoms with Crippen LogP contribution in [0.3, 0.4) is 0 Å². The summed E-state index contributed by atoms with van der Waals surface area (Å²) in [4.78, 5) is 3.49. The van der Waals surface area contributed by atoms with Gasteiger partial charge in [-0.15, -0.1) is 0 Å². The van der Waals surface area contributed by atoms with Crippen LogP contribution in [0.2, 0.25) is 0 Å². The quantitative estimate of drug-likeness (QED) is 0.593. The summed E-state index contributed by atoms with van der Waals surface area (Å²) in [6.45, 7) is 11.6. The van der Waals surface area contributed by atoms with Gasteiger partial charge in [0, 0.05) is 25.9 Å². The maximum atomic E-state index is 13.7. The van der Waals surface area contributed by atoms with E-state index in [0.717, 1.165) is 13.1 Å². The maximum Gasteiger partial charge on any atom is 0.267 e. The number of nitrogens with zero attached hydrogens (tertiary/aromatic N) is 1. The predicted molar refractivity (Wildman–Crippen MR) is 46.6 cm³/mol. The first-order valence-corrected chi connectivity index (χ1v) is 4.30. The molecule has 3 heteroatoms. The van der Waals surface area contributed by atoms with Gasteiger partial charge in [-0.2, -0.15) is 0 Å². The highest BCUT2D eigenvalue weighted by Crippen LogP contribution is 2.37. The van der Waals surface area contributed by atoms with Crippen molar-refractivity contribution >= 4 is 0 Å². The Bertz CT molecular complexity index is 194. The van der Waals surface area contributed by atoms with Gasteiger partial charge >= 0.3 is 0 Å². The molecule has 0 aromatic carbocycles. The van der Waals surface area contributed by atoms with Crippen molar-refractivity contribution in [2.45, 2.75) is 37.9 Å². The van der Waals surface area contributed by atoms with Crippen molar-refractivity contribution in [3.05, 3.63) is 11.4 Å². The van der Waals surface area contributed by atoms with Crippen molar-refractivity contribution < 1.29 is 4.39 Å². The fraction of sp³-hybridized carbons (Fsp3) is 0.889. The van der Waals surface area contributed by atoms with Crippen LogP contribution < -0.4 is 5.32 Å². The van der Waals surface area contributed by atoms with E-state index >= 15 is 0 Å². The van der Waals surface area contributed by atoms with Crippen molar-refractivity contribution in [2.75, 3.05) is 13.1 Å². The molecule has 1 aliphatic heterocycles. The smallest absolute Gasteiger partial charge is 0.267 e. The van der Waals surface area contributed by atoms with Crippen molar-refractivity contribution in [3.8, 4) is 0 Å². The van der Waals surface area contributed by atoms with Crippen LogP contribution in [0.15, 0.2) is 0 Å². The van der Waals surface area contributed by atoms with Crippen LogP contribution in [-0.2, 0) is 0 Å². The van der Waals surface area contributed by atoms with Crippen molar-refractivity contribution in [1.29, 1.82) is 0 Å². The van der Waals surface area contributed by atoms with Gasteiger partial charge < -0.3 is 10.2 Å². The molecule has 12 heavy (non-hydrogen) atoms. The highest BCUT2D eigenvalue weighted by atomic mass is 19.1. The van der Waals surface area contributed by atoms with Crippen LogP contribution in [0.1, 0.15) is 26.7 Å². The zero-order valence-corrected chi connectivity index (χ0v) is 7.65. The minimum atomic E-state index is -1.38. The first kappa shape index (κ1) is 9.47.